The molecular formula is C35H38N4O4. The summed E-state index contributed by atoms with van der Waals surface area (Å²) in [5, 5.41) is 12.8. The highest BCUT2D eigenvalue weighted by Gasteiger charge is 2.33. The molecule has 1 aliphatic heterocycles. The predicted octanol–water partition coefficient (Wildman–Crippen LogP) is 5.35. The highest BCUT2D eigenvalue weighted by molar-refractivity contribution is 6.05. The molecule has 8 nitrogen and oxygen atoms in total. The fourth-order valence-corrected chi connectivity index (χ4v) is 5.34. The fraction of sp³-hybridized carbons (Fsp3) is 0.286. The molecule has 1 aliphatic rings. The summed E-state index contributed by atoms with van der Waals surface area (Å²) >= 11 is 0. The number of aliphatic hydroxyl groups excluding tert-OH is 1. The Morgan fingerprint density at radius 3 is 2.44 bits per heavy atom. The molecule has 0 bridgehead atoms. The van der Waals surface area contributed by atoms with E-state index in [0.717, 1.165) is 6.54 Å². The lowest BCUT2D eigenvalue weighted by Gasteiger charge is -2.38. The zero-order valence-electron chi connectivity index (χ0n) is 24.8. The molecule has 2 heterocycles. The van der Waals surface area contributed by atoms with E-state index in [1.54, 1.807) is 47.6 Å². The lowest BCUT2D eigenvalue weighted by atomic mass is 9.99. The first-order valence-corrected chi connectivity index (χ1v) is 14.6. The standard InChI is InChI=1S/C35H38N4O4/c1-24-20-39(25(2)23-40)35(42)31-19-30(37-34(41)29-15-17-36-18-16-29)13-14-32(31)43-33(24)22-38(3)21-26-9-11-28(12-10-26)27-7-5-4-6-8-27/h4-19,24-25,33,40H,20-23H2,1-3H3,(H,37,41)/t24-,25+,33+/m0/s1. The van der Waals surface area contributed by atoms with Crippen molar-refractivity contribution in [1.82, 2.24) is 14.8 Å². The van der Waals surface area contributed by atoms with Crippen molar-refractivity contribution in [3.8, 4) is 16.9 Å². The van der Waals surface area contributed by atoms with Gasteiger partial charge in [-0.3, -0.25) is 19.5 Å². The van der Waals surface area contributed by atoms with Crippen LogP contribution < -0.4 is 10.1 Å². The minimum absolute atomic E-state index is 0.0000704. The van der Waals surface area contributed by atoms with E-state index in [-0.39, 0.29) is 36.5 Å². The number of carbonyl (C=O) groups is 2. The smallest absolute Gasteiger partial charge is 0.258 e. The number of carbonyl (C=O) groups excluding carboxylic acids is 2. The highest BCUT2D eigenvalue weighted by Crippen LogP contribution is 2.31. The number of amides is 2. The molecule has 3 aromatic carbocycles. The van der Waals surface area contributed by atoms with Crippen molar-refractivity contribution in [2.24, 2.45) is 5.92 Å². The molecule has 0 saturated carbocycles. The van der Waals surface area contributed by atoms with Gasteiger partial charge >= 0.3 is 0 Å². The van der Waals surface area contributed by atoms with Crippen LogP contribution in [0.25, 0.3) is 11.1 Å². The lowest BCUT2D eigenvalue weighted by molar-refractivity contribution is 0.0341. The summed E-state index contributed by atoms with van der Waals surface area (Å²) in [4.78, 5) is 34.4. The molecule has 0 saturated heterocycles. The van der Waals surface area contributed by atoms with Crippen molar-refractivity contribution in [1.29, 1.82) is 0 Å². The number of hydrogen-bond acceptors (Lipinski definition) is 6. The van der Waals surface area contributed by atoms with Crippen molar-refractivity contribution in [2.45, 2.75) is 32.5 Å². The van der Waals surface area contributed by atoms with Gasteiger partial charge in [-0.15, -0.1) is 0 Å². The second-order valence-electron chi connectivity index (χ2n) is 11.3. The first kappa shape index (κ1) is 29.9. The third-order valence-corrected chi connectivity index (χ3v) is 7.87. The summed E-state index contributed by atoms with van der Waals surface area (Å²) in [6.45, 7) is 5.56. The third-order valence-electron chi connectivity index (χ3n) is 7.87. The number of aromatic nitrogens is 1. The number of aliphatic hydroxyl groups is 1. The Kier molecular flexibility index (Phi) is 9.49. The molecule has 0 fully saturated rings. The zero-order chi connectivity index (χ0) is 30.3. The van der Waals surface area contributed by atoms with Gasteiger partial charge in [0, 0.05) is 49.2 Å². The van der Waals surface area contributed by atoms with E-state index in [9.17, 15) is 14.7 Å². The summed E-state index contributed by atoms with van der Waals surface area (Å²) in [7, 11) is 2.07. The monoisotopic (exact) mass is 578 g/mol. The van der Waals surface area contributed by atoms with Gasteiger partial charge in [0.05, 0.1) is 18.2 Å². The van der Waals surface area contributed by atoms with Crippen LogP contribution in [0.3, 0.4) is 0 Å². The van der Waals surface area contributed by atoms with Gasteiger partial charge < -0.3 is 20.1 Å². The van der Waals surface area contributed by atoms with Crippen LogP contribution in [0.2, 0.25) is 0 Å². The Balaban J connectivity index is 1.34. The molecule has 0 unspecified atom stereocenters. The van der Waals surface area contributed by atoms with Crippen LogP contribution in [0.5, 0.6) is 5.75 Å². The predicted molar refractivity (Wildman–Crippen MR) is 168 cm³/mol. The van der Waals surface area contributed by atoms with E-state index in [1.165, 1.54) is 16.7 Å². The molecule has 4 aromatic rings. The molecule has 0 spiro atoms. The maximum Gasteiger partial charge on any atom is 0.258 e. The lowest BCUT2D eigenvalue weighted by Crippen LogP contribution is -2.49. The maximum absolute atomic E-state index is 13.7. The normalized spacial score (nSPS) is 17.4. The molecule has 43 heavy (non-hydrogen) atoms. The second kappa shape index (κ2) is 13.6. The average molecular weight is 579 g/mol. The van der Waals surface area contributed by atoms with Gasteiger partial charge in [-0.25, -0.2) is 0 Å². The number of nitrogens with one attached hydrogen (secondary N) is 1. The Morgan fingerprint density at radius 1 is 1.05 bits per heavy atom. The summed E-state index contributed by atoms with van der Waals surface area (Å²) in [5.74, 6) is -0.0833. The zero-order valence-corrected chi connectivity index (χ0v) is 24.8. The first-order valence-electron chi connectivity index (χ1n) is 14.6. The van der Waals surface area contributed by atoms with Gasteiger partial charge in [-0.1, -0.05) is 61.5 Å². The molecule has 2 N–H and O–H groups in total. The molecule has 8 heteroatoms. The Labute approximate surface area is 252 Å². The van der Waals surface area contributed by atoms with Crippen molar-refractivity contribution in [3.63, 3.8) is 0 Å². The van der Waals surface area contributed by atoms with Crippen LogP contribution >= 0.6 is 0 Å². The topological polar surface area (TPSA) is 95.0 Å². The highest BCUT2D eigenvalue weighted by atomic mass is 16.5. The number of ether oxygens (including phenoxy) is 1. The van der Waals surface area contributed by atoms with Gasteiger partial charge in [0.15, 0.2) is 0 Å². The molecule has 5 rings (SSSR count). The van der Waals surface area contributed by atoms with Gasteiger partial charge in [-0.05, 0) is 61.0 Å². The molecule has 3 atom stereocenters. The second-order valence-corrected chi connectivity index (χ2v) is 11.3. The third kappa shape index (κ3) is 7.28. The summed E-state index contributed by atoms with van der Waals surface area (Å²) in [6, 6.07) is 26.9. The van der Waals surface area contributed by atoms with E-state index in [1.807, 2.05) is 25.1 Å². The van der Waals surface area contributed by atoms with E-state index in [0.29, 0.717) is 35.7 Å². The summed E-state index contributed by atoms with van der Waals surface area (Å²) < 4.78 is 6.54. The number of likely N-dealkylation sites (N-methyl/N-ethyl adjacent to an activating group) is 1. The van der Waals surface area contributed by atoms with Gasteiger partial charge in [0.25, 0.3) is 11.8 Å². The van der Waals surface area contributed by atoms with E-state index < -0.39 is 0 Å². The van der Waals surface area contributed by atoms with E-state index in [4.69, 9.17) is 4.74 Å². The Bertz CT molecular complexity index is 1530. The van der Waals surface area contributed by atoms with Crippen LogP contribution in [0, 0.1) is 5.92 Å². The number of fused-ring (bicyclic) bond motifs is 1. The molecule has 1 aromatic heterocycles. The van der Waals surface area contributed by atoms with Crippen LogP contribution in [-0.2, 0) is 6.54 Å². The van der Waals surface area contributed by atoms with Crippen molar-refractivity contribution in [2.75, 3.05) is 32.1 Å². The molecular weight excluding hydrogens is 540 g/mol. The number of nitrogens with zero attached hydrogens (tertiary/aromatic N) is 3. The minimum atomic E-state index is -0.377. The minimum Gasteiger partial charge on any atom is -0.488 e. The van der Waals surface area contributed by atoms with Crippen LogP contribution in [-0.4, -0.2) is 70.6 Å². The van der Waals surface area contributed by atoms with E-state index >= 15 is 0 Å². The summed E-state index contributed by atoms with van der Waals surface area (Å²) in [6.07, 6.45) is 2.89. The van der Waals surface area contributed by atoms with Gasteiger partial charge in [0.1, 0.15) is 11.9 Å². The molecule has 0 radical (unpaired) electrons. The Morgan fingerprint density at radius 2 is 1.74 bits per heavy atom. The number of hydrogen-bond donors (Lipinski definition) is 2. The van der Waals surface area contributed by atoms with Gasteiger partial charge in [0.2, 0.25) is 0 Å². The van der Waals surface area contributed by atoms with Crippen molar-refractivity contribution >= 4 is 17.5 Å². The van der Waals surface area contributed by atoms with Crippen LogP contribution in [0.4, 0.5) is 5.69 Å². The van der Waals surface area contributed by atoms with Crippen LogP contribution in [0.15, 0.2) is 97.3 Å². The van der Waals surface area contributed by atoms with E-state index in [2.05, 4.69) is 65.6 Å². The van der Waals surface area contributed by atoms with Crippen LogP contribution in [0.1, 0.15) is 40.1 Å². The number of benzene rings is 3. The van der Waals surface area contributed by atoms with Crippen molar-refractivity contribution < 1.29 is 19.4 Å². The quantitative estimate of drug-likeness (QED) is 0.278. The van der Waals surface area contributed by atoms with Crippen molar-refractivity contribution in [3.05, 3.63) is 114 Å². The van der Waals surface area contributed by atoms with Gasteiger partial charge in [-0.2, -0.15) is 0 Å². The number of anilines is 1. The molecule has 0 aliphatic carbocycles. The summed E-state index contributed by atoms with van der Waals surface area (Å²) in [5.41, 5.74) is 4.86. The maximum atomic E-state index is 13.7. The SMILES string of the molecule is C[C@H](CO)N1C[C@H](C)[C@@H](CN(C)Cc2ccc(-c3ccccc3)cc2)Oc2ccc(NC(=O)c3ccncc3)cc2C1=O. The molecule has 2 amide bonds. The number of pyridine rings is 1. The number of rotatable bonds is 9. The fourth-order valence-electron chi connectivity index (χ4n) is 5.34. The average Bonchev–Trinajstić information content (AvgIpc) is 3.03. The molecule has 222 valence electrons. The first-order chi connectivity index (χ1) is 20.8. The Hall–Kier alpha value is -4.53. The largest absolute Gasteiger partial charge is 0.488 e.